The Labute approximate surface area is 146 Å². The van der Waals surface area contributed by atoms with Gasteiger partial charge in [0.15, 0.2) is 0 Å². The lowest BCUT2D eigenvalue weighted by Crippen LogP contribution is -2.54. The lowest BCUT2D eigenvalue weighted by atomic mass is 9.48. The molecule has 3 heteroatoms. The fraction of sp³-hybridized carbons (Fsp3) is 1.00. The minimum absolute atomic E-state index is 0.0771. The lowest BCUT2D eigenvalue weighted by molar-refractivity contribution is -0.131. The molecule has 4 aliphatic rings. The summed E-state index contributed by atoms with van der Waals surface area (Å²) in [5.74, 6) is 2.71. The van der Waals surface area contributed by atoms with Crippen molar-refractivity contribution in [3.05, 3.63) is 0 Å². The summed E-state index contributed by atoms with van der Waals surface area (Å²) in [4.78, 5) is 0. The van der Waals surface area contributed by atoms with Crippen LogP contribution in [0.2, 0.25) is 0 Å². The molecule has 0 bridgehead atoms. The minimum atomic E-state index is -0.740. The standard InChI is InChI=1S/C21H35FO2/c1-12(23)17-4-5-18-15-10-19(22)16-11-20(2,24)8-6-14(16)13(15)7-9-21(17,18)3/h12-19,23-24H,4-11H2,1-3H3. The number of hydrogen-bond acceptors (Lipinski definition) is 2. The number of aliphatic hydroxyl groups excluding tert-OH is 1. The van der Waals surface area contributed by atoms with Gasteiger partial charge in [-0.25, -0.2) is 4.39 Å². The number of halogens is 1. The van der Waals surface area contributed by atoms with Crippen molar-refractivity contribution in [2.75, 3.05) is 0 Å². The Balaban J connectivity index is 1.59. The van der Waals surface area contributed by atoms with Gasteiger partial charge >= 0.3 is 0 Å². The van der Waals surface area contributed by atoms with Crippen LogP contribution in [0.25, 0.3) is 0 Å². The Kier molecular flexibility index (Phi) is 4.08. The monoisotopic (exact) mass is 338 g/mol. The number of aliphatic hydroxyl groups is 2. The van der Waals surface area contributed by atoms with Crippen LogP contribution in [0.4, 0.5) is 4.39 Å². The third-order valence-corrected chi connectivity index (χ3v) is 8.90. The van der Waals surface area contributed by atoms with Crippen LogP contribution >= 0.6 is 0 Å². The van der Waals surface area contributed by atoms with Gasteiger partial charge in [0.2, 0.25) is 0 Å². The molecule has 0 spiro atoms. The summed E-state index contributed by atoms with van der Waals surface area (Å²) in [6, 6.07) is 0. The highest BCUT2D eigenvalue weighted by Crippen LogP contribution is 2.65. The van der Waals surface area contributed by atoms with Crippen LogP contribution < -0.4 is 0 Å². The van der Waals surface area contributed by atoms with Crippen molar-refractivity contribution >= 4 is 0 Å². The molecular weight excluding hydrogens is 303 g/mol. The molecule has 0 saturated heterocycles. The molecule has 24 heavy (non-hydrogen) atoms. The van der Waals surface area contributed by atoms with E-state index in [1.54, 1.807) is 0 Å². The molecule has 2 N–H and O–H groups in total. The molecule has 4 aliphatic carbocycles. The van der Waals surface area contributed by atoms with E-state index in [1.807, 2.05) is 13.8 Å². The van der Waals surface area contributed by atoms with Gasteiger partial charge in [0.05, 0.1) is 11.7 Å². The van der Waals surface area contributed by atoms with E-state index in [0.717, 1.165) is 19.3 Å². The fourth-order valence-corrected chi connectivity index (χ4v) is 7.84. The highest BCUT2D eigenvalue weighted by molar-refractivity contribution is 5.09. The average Bonchev–Trinajstić information content (AvgIpc) is 2.85. The van der Waals surface area contributed by atoms with Crippen LogP contribution in [0.15, 0.2) is 0 Å². The predicted molar refractivity (Wildman–Crippen MR) is 93.2 cm³/mol. The molecule has 2 nitrogen and oxygen atoms in total. The van der Waals surface area contributed by atoms with Crippen molar-refractivity contribution < 1.29 is 14.6 Å². The molecule has 10 atom stereocenters. The first-order chi connectivity index (χ1) is 11.2. The number of fused-ring (bicyclic) bond motifs is 5. The third-order valence-electron chi connectivity index (χ3n) is 8.90. The van der Waals surface area contributed by atoms with Crippen molar-refractivity contribution in [3.8, 4) is 0 Å². The quantitative estimate of drug-likeness (QED) is 0.747. The normalized spacial score (nSPS) is 58.5. The highest BCUT2D eigenvalue weighted by Gasteiger charge is 2.59. The maximum Gasteiger partial charge on any atom is 0.104 e. The Morgan fingerprint density at radius 1 is 0.958 bits per heavy atom. The van der Waals surface area contributed by atoms with Crippen LogP contribution in [0.3, 0.4) is 0 Å². The Morgan fingerprint density at radius 2 is 1.62 bits per heavy atom. The van der Waals surface area contributed by atoms with Gasteiger partial charge in [-0.15, -0.1) is 0 Å². The summed E-state index contributed by atoms with van der Waals surface area (Å²) in [5.41, 5.74) is -0.450. The molecule has 0 aliphatic heterocycles. The van der Waals surface area contributed by atoms with E-state index >= 15 is 4.39 Å². The van der Waals surface area contributed by atoms with Crippen molar-refractivity contribution in [1.29, 1.82) is 0 Å². The predicted octanol–water partition coefficient (Wildman–Crippen LogP) is 4.34. The largest absolute Gasteiger partial charge is 0.393 e. The van der Waals surface area contributed by atoms with Crippen LogP contribution in [0.1, 0.15) is 72.1 Å². The summed E-state index contributed by atoms with van der Waals surface area (Å²) < 4.78 is 15.1. The van der Waals surface area contributed by atoms with Crippen molar-refractivity contribution in [1.82, 2.24) is 0 Å². The average molecular weight is 339 g/mol. The van der Waals surface area contributed by atoms with E-state index in [9.17, 15) is 10.2 Å². The van der Waals surface area contributed by atoms with Gasteiger partial charge in [-0.05, 0) is 106 Å². The van der Waals surface area contributed by atoms with Gasteiger partial charge in [-0.3, -0.25) is 0 Å². The Morgan fingerprint density at radius 3 is 2.33 bits per heavy atom. The molecular formula is C21H35FO2. The summed E-state index contributed by atoms with van der Waals surface area (Å²) in [6.07, 6.45) is 6.91. The number of rotatable bonds is 1. The zero-order valence-electron chi connectivity index (χ0n) is 15.5. The Bertz CT molecular complexity index is 490. The van der Waals surface area contributed by atoms with Crippen LogP contribution in [-0.4, -0.2) is 28.1 Å². The van der Waals surface area contributed by atoms with E-state index in [1.165, 1.54) is 19.3 Å². The van der Waals surface area contributed by atoms with Crippen molar-refractivity contribution in [2.45, 2.75) is 90.0 Å². The molecule has 138 valence electrons. The van der Waals surface area contributed by atoms with Gasteiger partial charge in [-0.1, -0.05) is 6.92 Å². The van der Waals surface area contributed by atoms with E-state index in [4.69, 9.17) is 0 Å². The second-order valence-corrected chi connectivity index (χ2v) is 10.2. The van der Waals surface area contributed by atoms with Crippen molar-refractivity contribution in [3.63, 3.8) is 0 Å². The van der Waals surface area contributed by atoms with Gasteiger partial charge in [0.25, 0.3) is 0 Å². The summed E-state index contributed by atoms with van der Waals surface area (Å²) >= 11 is 0. The van der Waals surface area contributed by atoms with E-state index < -0.39 is 11.8 Å². The van der Waals surface area contributed by atoms with E-state index in [2.05, 4.69) is 6.92 Å². The second-order valence-electron chi connectivity index (χ2n) is 10.2. The first kappa shape index (κ1) is 17.3. The SMILES string of the molecule is CC(O)C1CCC2C3CC(F)C4CC(C)(O)CCC4C3CCC12C. The third kappa shape index (κ3) is 2.48. The summed E-state index contributed by atoms with van der Waals surface area (Å²) in [6.45, 7) is 6.22. The van der Waals surface area contributed by atoms with Crippen LogP contribution in [-0.2, 0) is 0 Å². The molecule has 0 amide bonds. The van der Waals surface area contributed by atoms with Crippen molar-refractivity contribution in [2.24, 2.45) is 40.9 Å². The summed E-state index contributed by atoms with van der Waals surface area (Å²) in [7, 11) is 0. The lowest BCUT2D eigenvalue weighted by Gasteiger charge is -2.58. The Hall–Kier alpha value is -0.150. The fourth-order valence-electron chi connectivity index (χ4n) is 7.84. The minimum Gasteiger partial charge on any atom is -0.393 e. The molecule has 0 radical (unpaired) electrons. The first-order valence-electron chi connectivity index (χ1n) is 10.3. The first-order valence-corrected chi connectivity index (χ1v) is 10.3. The van der Waals surface area contributed by atoms with Gasteiger partial charge in [-0.2, -0.15) is 0 Å². The van der Waals surface area contributed by atoms with Gasteiger partial charge in [0, 0.05) is 0 Å². The smallest absolute Gasteiger partial charge is 0.104 e. The van der Waals surface area contributed by atoms with Gasteiger partial charge in [0.1, 0.15) is 6.17 Å². The zero-order chi connectivity index (χ0) is 17.3. The van der Waals surface area contributed by atoms with E-state index in [-0.39, 0.29) is 17.4 Å². The topological polar surface area (TPSA) is 40.5 Å². The molecule has 0 aromatic carbocycles. The molecule has 4 rings (SSSR count). The van der Waals surface area contributed by atoms with Crippen LogP contribution in [0, 0.1) is 40.9 Å². The summed E-state index contributed by atoms with van der Waals surface area (Å²) in [5, 5.41) is 20.7. The number of hydrogen-bond donors (Lipinski definition) is 2. The molecule has 0 aromatic heterocycles. The molecule has 4 fully saturated rings. The molecule has 0 heterocycles. The second kappa shape index (κ2) is 5.67. The molecule has 4 saturated carbocycles. The van der Waals surface area contributed by atoms with E-state index in [0.29, 0.717) is 42.4 Å². The zero-order valence-corrected chi connectivity index (χ0v) is 15.5. The maximum absolute atomic E-state index is 15.1. The highest BCUT2D eigenvalue weighted by atomic mass is 19.1. The number of alkyl halides is 1. The maximum atomic E-state index is 15.1. The van der Waals surface area contributed by atoms with Crippen LogP contribution in [0.5, 0.6) is 0 Å². The van der Waals surface area contributed by atoms with Gasteiger partial charge < -0.3 is 10.2 Å². The molecule has 0 aromatic rings. The molecule has 10 unspecified atom stereocenters.